The van der Waals surface area contributed by atoms with Gasteiger partial charge in [0.2, 0.25) is 5.76 Å². The Morgan fingerprint density at radius 3 is 2.08 bits per heavy atom. The first-order chi connectivity index (χ1) is 11.1. The van der Waals surface area contributed by atoms with Crippen LogP contribution in [0.2, 0.25) is 0 Å². The molecule has 1 atom stereocenters. The van der Waals surface area contributed by atoms with Crippen molar-refractivity contribution in [2.45, 2.75) is 17.9 Å². The highest BCUT2D eigenvalue weighted by Crippen LogP contribution is 2.23. The number of carbonyl (C=O) groups is 2. The van der Waals surface area contributed by atoms with Crippen molar-refractivity contribution < 1.29 is 27.5 Å². The molecular formula is C16H17NO6S. The van der Waals surface area contributed by atoms with E-state index in [-0.39, 0.29) is 22.5 Å². The third kappa shape index (κ3) is 3.65. The Labute approximate surface area is 139 Å². The second kappa shape index (κ2) is 6.48. The molecule has 1 aromatic carbocycles. The fourth-order valence-electron chi connectivity index (χ4n) is 2.13. The molecule has 128 valence electrons. The summed E-state index contributed by atoms with van der Waals surface area (Å²) in [5.41, 5.74) is 0.739. The lowest BCUT2D eigenvalue weighted by Gasteiger charge is -2.24. The normalized spacial score (nSPS) is 12.6. The zero-order chi connectivity index (χ0) is 18.1. The molecule has 0 spiro atoms. The van der Waals surface area contributed by atoms with E-state index in [1.54, 1.807) is 26.1 Å². The molecule has 0 aliphatic rings. The molecule has 2 rings (SSSR count). The molecule has 8 heteroatoms. The van der Waals surface area contributed by atoms with Crippen molar-refractivity contribution in [3.8, 4) is 0 Å². The van der Waals surface area contributed by atoms with Crippen molar-refractivity contribution >= 4 is 21.7 Å². The van der Waals surface area contributed by atoms with Crippen molar-refractivity contribution in [2.24, 2.45) is 0 Å². The van der Waals surface area contributed by atoms with E-state index in [2.05, 4.69) is 0 Å². The van der Waals surface area contributed by atoms with Crippen LogP contribution in [0.5, 0.6) is 0 Å². The van der Waals surface area contributed by atoms with Crippen molar-refractivity contribution in [1.29, 1.82) is 0 Å². The molecule has 0 saturated heterocycles. The highest BCUT2D eigenvalue weighted by molar-refractivity contribution is 7.90. The quantitative estimate of drug-likeness (QED) is 0.885. The van der Waals surface area contributed by atoms with Gasteiger partial charge in [0.05, 0.1) is 10.9 Å². The summed E-state index contributed by atoms with van der Waals surface area (Å²) in [6.07, 6.45) is 1.12. The Hall–Kier alpha value is -2.61. The summed E-state index contributed by atoms with van der Waals surface area (Å²) in [5, 5.41) is 8.83. The number of nitrogens with zero attached hydrogens (tertiary/aromatic N) is 1. The number of furan rings is 1. The summed E-state index contributed by atoms with van der Waals surface area (Å²) < 4.78 is 28.0. The van der Waals surface area contributed by atoms with E-state index in [0.29, 0.717) is 0 Å². The SMILES string of the molecule is CC(c1ccc(S(C)(=O)=O)cc1)N(C)C(=O)c1ccc(C(=O)O)o1. The Morgan fingerprint density at radius 1 is 1.08 bits per heavy atom. The number of carbonyl (C=O) groups excluding carboxylic acids is 1. The van der Waals surface area contributed by atoms with Gasteiger partial charge in [0, 0.05) is 13.3 Å². The third-order valence-electron chi connectivity index (χ3n) is 3.72. The number of amides is 1. The maximum Gasteiger partial charge on any atom is 0.371 e. The Balaban J connectivity index is 2.20. The van der Waals surface area contributed by atoms with E-state index >= 15 is 0 Å². The van der Waals surface area contributed by atoms with Crippen molar-refractivity contribution in [1.82, 2.24) is 4.90 Å². The highest BCUT2D eigenvalue weighted by Gasteiger charge is 2.23. The molecule has 0 bridgehead atoms. The molecule has 1 heterocycles. The Kier molecular flexibility index (Phi) is 4.79. The number of carboxylic acid groups (broad SMARTS) is 1. The molecule has 1 aromatic heterocycles. The van der Waals surface area contributed by atoms with Crippen molar-refractivity contribution in [3.05, 3.63) is 53.5 Å². The van der Waals surface area contributed by atoms with Crippen LogP contribution in [0.1, 0.15) is 39.6 Å². The lowest BCUT2D eigenvalue weighted by Crippen LogP contribution is -2.29. The van der Waals surface area contributed by atoms with Gasteiger partial charge in [0.15, 0.2) is 15.6 Å². The van der Waals surface area contributed by atoms with Crippen molar-refractivity contribution in [2.75, 3.05) is 13.3 Å². The molecule has 1 unspecified atom stereocenters. The predicted molar refractivity (Wildman–Crippen MR) is 85.7 cm³/mol. The Morgan fingerprint density at radius 2 is 1.62 bits per heavy atom. The highest BCUT2D eigenvalue weighted by atomic mass is 32.2. The van der Waals surface area contributed by atoms with Gasteiger partial charge in [0.1, 0.15) is 0 Å². The van der Waals surface area contributed by atoms with Crippen LogP contribution in [0.15, 0.2) is 45.7 Å². The maximum absolute atomic E-state index is 12.4. The molecule has 1 amide bonds. The molecular weight excluding hydrogens is 334 g/mol. The first kappa shape index (κ1) is 17.7. The summed E-state index contributed by atoms with van der Waals surface area (Å²) in [6.45, 7) is 1.77. The first-order valence-corrected chi connectivity index (χ1v) is 8.90. The summed E-state index contributed by atoms with van der Waals surface area (Å²) in [7, 11) is -1.73. The van der Waals surface area contributed by atoms with Gasteiger partial charge < -0.3 is 14.4 Å². The van der Waals surface area contributed by atoms with Gasteiger partial charge in [-0.1, -0.05) is 12.1 Å². The fraction of sp³-hybridized carbons (Fsp3) is 0.250. The zero-order valence-corrected chi connectivity index (χ0v) is 14.2. The number of rotatable bonds is 5. The van der Waals surface area contributed by atoms with Gasteiger partial charge in [-0.05, 0) is 36.8 Å². The number of sulfone groups is 1. The average Bonchev–Trinajstić information content (AvgIpc) is 3.02. The van der Waals surface area contributed by atoms with Crippen LogP contribution in [0.25, 0.3) is 0 Å². The molecule has 7 nitrogen and oxygen atoms in total. The topological polar surface area (TPSA) is 105 Å². The van der Waals surface area contributed by atoms with Gasteiger partial charge in [-0.3, -0.25) is 4.79 Å². The standard InChI is InChI=1S/C16H17NO6S/c1-10(11-4-6-12(7-5-11)24(3,21)22)17(2)15(18)13-8-9-14(23-13)16(19)20/h4-10H,1-3H3,(H,19,20). The second-order valence-electron chi connectivity index (χ2n) is 5.40. The number of hydrogen-bond acceptors (Lipinski definition) is 5. The minimum Gasteiger partial charge on any atom is -0.475 e. The van der Waals surface area contributed by atoms with E-state index in [4.69, 9.17) is 9.52 Å². The summed E-state index contributed by atoms with van der Waals surface area (Å²) >= 11 is 0. The van der Waals surface area contributed by atoms with Crippen LogP contribution in [0.3, 0.4) is 0 Å². The largest absolute Gasteiger partial charge is 0.475 e. The number of hydrogen-bond donors (Lipinski definition) is 1. The summed E-state index contributed by atoms with van der Waals surface area (Å²) in [5.74, 6) is -2.10. The second-order valence-corrected chi connectivity index (χ2v) is 7.42. The first-order valence-electron chi connectivity index (χ1n) is 7.01. The van der Waals surface area contributed by atoms with Gasteiger partial charge in [-0.2, -0.15) is 0 Å². The van der Waals surface area contributed by atoms with Gasteiger partial charge in [-0.15, -0.1) is 0 Å². The fourth-order valence-corrected chi connectivity index (χ4v) is 2.77. The van der Waals surface area contributed by atoms with Crippen LogP contribution >= 0.6 is 0 Å². The monoisotopic (exact) mass is 351 g/mol. The lowest BCUT2D eigenvalue weighted by molar-refractivity contribution is 0.0647. The van der Waals surface area contributed by atoms with E-state index in [1.165, 1.54) is 29.2 Å². The predicted octanol–water partition coefficient (Wildman–Crippen LogP) is 2.21. The molecule has 0 aliphatic heterocycles. The average molecular weight is 351 g/mol. The number of benzene rings is 1. The Bertz CT molecular complexity index is 866. The van der Waals surface area contributed by atoms with E-state index in [9.17, 15) is 18.0 Å². The molecule has 0 aliphatic carbocycles. The molecule has 2 aromatic rings. The van der Waals surface area contributed by atoms with Crippen LogP contribution in [0.4, 0.5) is 0 Å². The van der Waals surface area contributed by atoms with E-state index < -0.39 is 21.7 Å². The maximum atomic E-state index is 12.4. The van der Waals surface area contributed by atoms with E-state index in [1.807, 2.05) is 0 Å². The lowest BCUT2D eigenvalue weighted by atomic mass is 10.1. The van der Waals surface area contributed by atoms with Gasteiger partial charge in [-0.25, -0.2) is 13.2 Å². The molecule has 1 N–H and O–H groups in total. The molecule has 0 radical (unpaired) electrons. The van der Waals surface area contributed by atoms with Crippen LogP contribution in [-0.4, -0.2) is 43.6 Å². The minimum absolute atomic E-state index is 0.0745. The van der Waals surface area contributed by atoms with Crippen LogP contribution < -0.4 is 0 Å². The third-order valence-corrected chi connectivity index (χ3v) is 4.85. The van der Waals surface area contributed by atoms with Gasteiger partial charge in [0.25, 0.3) is 5.91 Å². The molecule has 0 saturated carbocycles. The molecule has 0 fully saturated rings. The zero-order valence-electron chi connectivity index (χ0n) is 13.4. The number of aromatic carboxylic acids is 1. The van der Waals surface area contributed by atoms with E-state index in [0.717, 1.165) is 11.8 Å². The summed E-state index contributed by atoms with van der Waals surface area (Å²) in [4.78, 5) is 24.8. The smallest absolute Gasteiger partial charge is 0.371 e. The summed E-state index contributed by atoms with van der Waals surface area (Å²) in [6, 6.07) is 8.40. The van der Waals surface area contributed by atoms with Crippen LogP contribution in [0, 0.1) is 0 Å². The van der Waals surface area contributed by atoms with Crippen molar-refractivity contribution in [3.63, 3.8) is 0 Å². The number of carboxylic acids is 1. The minimum atomic E-state index is -3.28. The molecule has 24 heavy (non-hydrogen) atoms. The van der Waals surface area contributed by atoms with Gasteiger partial charge >= 0.3 is 5.97 Å². The van der Waals surface area contributed by atoms with Crippen LogP contribution in [-0.2, 0) is 9.84 Å².